The van der Waals surface area contributed by atoms with Crippen molar-refractivity contribution in [2.45, 2.75) is 180 Å². The summed E-state index contributed by atoms with van der Waals surface area (Å²) in [5.74, 6) is -0.918. The quantitative estimate of drug-likeness (QED) is 0.0376. The maximum atomic E-state index is 14.9. The summed E-state index contributed by atoms with van der Waals surface area (Å²) < 4.78 is 119. The topological polar surface area (TPSA) is 315 Å². The zero-order valence-electron chi connectivity index (χ0n) is 68.2. The van der Waals surface area contributed by atoms with Gasteiger partial charge in [-0.2, -0.15) is 0 Å². The second kappa shape index (κ2) is 38.2. The highest BCUT2D eigenvalue weighted by Crippen LogP contribution is 2.51. The molecule has 29 nitrogen and oxygen atoms in total. The van der Waals surface area contributed by atoms with Crippen LogP contribution in [0.2, 0.25) is 15.1 Å². The average molecular weight is 1750 g/mol. The van der Waals surface area contributed by atoms with Gasteiger partial charge in [0.2, 0.25) is 29.5 Å². The van der Waals surface area contributed by atoms with E-state index >= 15 is 0 Å². The van der Waals surface area contributed by atoms with Crippen molar-refractivity contribution in [1.29, 1.82) is 0 Å². The SMILES string of the molecule is COc1ccc(COC(=O)[C@@]2(C)CCCC[C@H]2C(=O)N2CCc3c(Cl)ccc(OCc4nnn(C)c4C(F)F)c3[C@H]2CN2CCCC2=O)c(OC)c1.Cn1nnc(COc2ccc(Cl)c3c2[C@@H](CN2CCCC2=O)N(C(=O)[C@@H]2CCC[C@]2(C)C(=O)O)CC3)c1C(F)F.Cn1nnc(COc2ccc(Cl)c3c2[C@@H](CN2CCCC2=O)NCC3)c1C(F)F. The Hall–Kier alpha value is -10.0. The second-order valence-corrected chi connectivity index (χ2v) is 33.3. The van der Waals surface area contributed by atoms with E-state index in [1.807, 2.05) is 4.90 Å². The summed E-state index contributed by atoms with van der Waals surface area (Å²) >= 11 is 19.8. The van der Waals surface area contributed by atoms with Crippen LogP contribution in [0.25, 0.3) is 0 Å². The molecule has 5 amide bonds. The lowest BCUT2D eigenvalue weighted by Crippen LogP contribution is -2.53. The number of methoxy groups -OCH3 is 2. The van der Waals surface area contributed by atoms with E-state index < -0.39 is 66.0 Å². The van der Waals surface area contributed by atoms with Crippen LogP contribution in [-0.4, -0.2) is 189 Å². The van der Waals surface area contributed by atoms with Gasteiger partial charge in [0.1, 0.15) is 89.3 Å². The number of aromatic nitrogens is 9. The van der Waals surface area contributed by atoms with Crippen LogP contribution in [0.4, 0.5) is 26.3 Å². The van der Waals surface area contributed by atoms with Gasteiger partial charge in [0.15, 0.2) is 0 Å². The molecule has 38 heteroatoms. The van der Waals surface area contributed by atoms with Gasteiger partial charge in [-0.25, -0.2) is 40.4 Å². The molecule has 6 aliphatic heterocycles. The second-order valence-electron chi connectivity index (χ2n) is 32.0. The van der Waals surface area contributed by atoms with E-state index in [0.29, 0.717) is 170 Å². The van der Waals surface area contributed by atoms with Crippen LogP contribution in [0.15, 0.2) is 54.6 Å². The predicted molar refractivity (Wildman–Crippen MR) is 426 cm³/mol. The molecule has 5 fully saturated rings. The van der Waals surface area contributed by atoms with Crippen molar-refractivity contribution in [2.24, 2.45) is 43.8 Å². The van der Waals surface area contributed by atoms with E-state index in [4.69, 9.17) is 63.2 Å². The summed E-state index contributed by atoms with van der Waals surface area (Å²) in [7, 11) is 7.27. The molecule has 2 saturated carbocycles. The summed E-state index contributed by atoms with van der Waals surface area (Å²) in [6, 6.07) is 13.9. The van der Waals surface area contributed by atoms with Crippen molar-refractivity contribution in [2.75, 3.05) is 73.1 Å². The van der Waals surface area contributed by atoms with Crippen LogP contribution in [-0.2, 0) is 105 Å². The lowest BCUT2D eigenvalue weighted by molar-refractivity contribution is -0.169. The first-order valence-electron chi connectivity index (χ1n) is 40.6. The number of hydrogen-bond acceptors (Lipinski definition) is 20. The molecule has 121 heavy (non-hydrogen) atoms. The number of likely N-dealkylation sites (tertiary alicyclic amines) is 3. The Morgan fingerprint density at radius 2 is 0.926 bits per heavy atom. The number of carboxylic acid groups (broad SMARTS) is 1. The highest BCUT2D eigenvalue weighted by atomic mass is 35.5. The molecule has 2 N–H and O–H groups in total. The number of carboxylic acids is 1. The summed E-state index contributed by atoms with van der Waals surface area (Å²) in [5, 5.41) is 37.6. The van der Waals surface area contributed by atoms with Gasteiger partial charge < -0.3 is 63.3 Å². The zero-order chi connectivity index (χ0) is 86.5. The molecule has 0 radical (unpaired) electrons. The molecule has 2 aliphatic carbocycles. The number of carbonyl (C=O) groups is 7. The zero-order valence-corrected chi connectivity index (χ0v) is 70.5. The van der Waals surface area contributed by atoms with Gasteiger partial charge in [-0.15, -0.1) is 15.3 Å². The van der Waals surface area contributed by atoms with Gasteiger partial charge >= 0.3 is 11.9 Å². The molecule has 15 rings (SSSR count). The molecule has 0 bridgehead atoms. The van der Waals surface area contributed by atoms with E-state index in [-0.39, 0.29) is 109 Å². The van der Waals surface area contributed by atoms with Crippen molar-refractivity contribution >= 4 is 76.3 Å². The molecule has 0 unspecified atom stereocenters. The number of nitrogens with one attached hydrogen (secondary N) is 1. The van der Waals surface area contributed by atoms with E-state index in [9.17, 15) is 65.0 Å². The van der Waals surface area contributed by atoms with E-state index in [2.05, 4.69) is 36.3 Å². The molecule has 4 aromatic carbocycles. The lowest BCUT2D eigenvalue weighted by atomic mass is 9.66. The Labute approximate surface area is 709 Å². The standard InChI is InChI=1S/C37H44ClF2N5O7.C27H32ClF2N5O5.C19H22ClF2N5O2/c1-37(36(48)52-20-22-10-11-23(49-3)18-30(22)50-4)15-6-5-8-25(37)35(47)45-17-14-24-26(38)12-13-29(32(24)28(45)19-44-16-7-9-31(44)46)51-21-27-33(34(39)40)43(2)42-41-27;1-27(26(38)39)10-3-5-16(27)25(37)35-12-9-15-17(28)7-8-20(22(15)19(35)13-34-11-4-6-21(34)36)40-14-18-23(24(29)30)33(2)32-31-18;1-26-18(19(21)22)14(24-25-26)10-29-15-5-4-12(20)11-6-7-23-13(17(11)15)9-27-8-2-3-16(27)28/h10-13,18,25,28,34H,5-9,14-17,19-21H2,1-4H3;7-8,16,19,24H,3-6,9-14H2,1-2H3,(H,38,39);4-5,13,19,23H,2-3,6-10H2,1H3/t25-,28+,37-;16-,19+,27-;13-/m001/s1. The normalized spacial score (nSPS) is 22.0. The number of fused-ring (bicyclic) bond motifs is 3. The molecule has 7 atom stereocenters. The molecule has 9 heterocycles. The molecule has 652 valence electrons. The fraction of sp³-hybridized carbons (Fsp3) is 0.554. The summed E-state index contributed by atoms with van der Waals surface area (Å²) in [6.45, 7) is 6.71. The molecular formula is C83H98Cl3F6N15O14. The first kappa shape index (κ1) is 88.8. The third kappa shape index (κ3) is 18.7. The number of benzene rings is 4. The number of alkyl halides is 6. The largest absolute Gasteiger partial charge is 0.497 e. The van der Waals surface area contributed by atoms with Gasteiger partial charge in [-0.1, -0.05) is 69.7 Å². The summed E-state index contributed by atoms with van der Waals surface area (Å²) in [4.78, 5) is 102. The minimum Gasteiger partial charge on any atom is -0.497 e. The molecular weight excluding hydrogens is 1650 g/mol. The number of carbonyl (C=O) groups excluding carboxylic acids is 6. The predicted octanol–water partition coefficient (Wildman–Crippen LogP) is 12.7. The van der Waals surface area contributed by atoms with Gasteiger partial charge in [0.25, 0.3) is 19.3 Å². The summed E-state index contributed by atoms with van der Waals surface area (Å²) in [6.07, 6.45) is 0.815. The number of halogens is 9. The van der Waals surface area contributed by atoms with Crippen molar-refractivity contribution in [3.05, 3.63) is 143 Å². The monoisotopic (exact) mass is 1750 g/mol. The number of aliphatic carboxylic acids is 1. The number of ether oxygens (including phenoxy) is 6. The Kier molecular flexibility index (Phi) is 28.0. The lowest BCUT2D eigenvalue weighted by Gasteiger charge is -2.45. The fourth-order valence-electron chi connectivity index (χ4n) is 18.3. The molecule has 3 saturated heterocycles. The third-order valence-electron chi connectivity index (χ3n) is 24.9. The minimum atomic E-state index is -2.81. The maximum absolute atomic E-state index is 14.9. The molecule has 3 aromatic heterocycles. The fourth-order valence-corrected chi connectivity index (χ4v) is 19.1. The van der Waals surface area contributed by atoms with Crippen LogP contribution >= 0.6 is 34.8 Å². The van der Waals surface area contributed by atoms with Gasteiger partial charge in [0.05, 0.1) is 55.0 Å². The maximum Gasteiger partial charge on any atom is 0.312 e. The highest BCUT2D eigenvalue weighted by Gasteiger charge is 2.54. The molecule has 0 spiro atoms. The Morgan fingerprint density at radius 1 is 0.504 bits per heavy atom. The first-order chi connectivity index (χ1) is 57.9. The van der Waals surface area contributed by atoms with Gasteiger partial charge in [-0.3, -0.25) is 33.6 Å². The van der Waals surface area contributed by atoms with Crippen LogP contribution in [0, 0.1) is 22.7 Å². The van der Waals surface area contributed by atoms with Crippen LogP contribution in [0.1, 0.15) is 208 Å². The van der Waals surface area contributed by atoms with E-state index in [0.717, 1.165) is 75.1 Å². The molecule has 7 aromatic rings. The first-order valence-corrected chi connectivity index (χ1v) is 41.7. The number of hydrogen-bond donors (Lipinski definition) is 2. The van der Waals surface area contributed by atoms with Crippen LogP contribution < -0.4 is 29.0 Å². The van der Waals surface area contributed by atoms with Crippen LogP contribution in [0.3, 0.4) is 0 Å². The van der Waals surface area contributed by atoms with E-state index in [1.54, 1.807) is 95.2 Å². The van der Waals surface area contributed by atoms with Gasteiger partial charge in [0, 0.05) is 136 Å². The minimum absolute atomic E-state index is 0.0139. The van der Waals surface area contributed by atoms with Crippen molar-refractivity contribution in [3.63, 3.8) is 0 Å². The smallest absolute Gasteiger partial charge is 0.312 e. The Bertz CT molecular complexity index is 5020. The van der Waals surface area contributed by atoms with E-state index in [1.165, 1.54) is 28.3 Å². The number of amides is 5. The van der Waals surface area contributed by atoms with Crippen LogP contribution in [0.5, 0.6) is 28.7 Å². The number of esters is 1. The van der Waals surface area contributed by atoms with Crippen molar-refractivity contribution in [1.82, 2.24) is 74.8 Å². The highest BCUT2D eigenvalue weighted by molar-refractivity contribution is 6.32. The Morgan fingerprint density at radius 3 is 1.35 bits per heavy atom. The van der Waals surface area contributed by atoms with Crippen molar-refractivity contribution < 1.29 is 93.4 Å². The number of rotatable bonds is 26. The third-order valence-corrected chi connectivity index (χ3v) is 26.0. The van der Waals surface area contributed by atoms with Gasteiger partial charge in [-0.05, 0) is 150 Å². The summed E-state index contributed by atoms with van der Waals surface area (Å²) in [5.41, 5.74) is 2.03. The average Bonchev–Trinajstić information content (AvgIpc) is 1.66. The molecule has 8 aliphatic rings. The number of nitrogens with zero attached hydrogens (tertiary/aromatic N) is 14. The van der Waals surface area contributed by atoms with Crippen molar-refractivity contribution in [3.8, 4) is 28.7 Å². The Balaban J connectivity index is 0.000000163. The number of aryl methyl sites for hydroxylation is 3.